The van der Waals surface area contributed by atoms with E-state index in [1.54, 1.807) is 24.4 Å². The van der Waals surface area contributed by atoms with Gasteiger partial charge in [0, 0.05) is 44.5 Å². The number of nitrogens with zero attached hydrogens (tertiary/aromatic N) is 2. The van der Waals surface area contributed by atoms with Crippen molar-refractivity contribution in [2.24, 2.45) is 0 Å². The molecule has 1 aliphatic rings. The Morgan fingerprint density at radius 1 is 1.00 bits per heavy atom. The molecule has 10 heteroatoms. The molecule has 0 atom stereocenters. The molecule has 1 fully saturated rings. The van der Waals surface area contributed by atoms with Crippen LogP contribution in [-0.4, -0.2) is 62.4 Å². The fourth-order valence-corrected chi connectivity index (χ4v) is 4.32. The predicted molar refractivity (Wildman–Crippen MR) is 109 cm³/mol. The van der Waals surface area contributed by atoms with Crippen LogP contribution in [0.5, 0.6) is 0 Å². The van der Waals surface area contributed by atoms with Gasteiger partial charge in [-0.1, -0.05) is 18.2 Å². The smallest absolute Gasteiger partial charge is 0.309 e. The van der Waals surface area contributed by atoms with Crippen molar-refractivity contribution in [2.45, 2.75) is 17.9 Å². The Morgan fingerprint density at radius 3 is 2.37 bits per heavy atom. The van der Waals surface area contributed by atoms with Crippen molar-refractivity contribution in [1.29, 1.82) is 0 Å². The van der Waals surface area contributed by atoms with Crippen molar-refractivity contribution >= 4 is 21.8 Å². The molecular weight excluding hydrogens is 408 g/mol. The van der Waals surface area contributed by atoms with Gasteiger partial charge in [-0.2, -0.15) is 4.31 Å². The summed E-state index contributed by atoms with van der Waals surface area (Å²) >= 11 is 0. The Morgan fingerprint density at radius 2 is 1.70 bits per heavy atom. The molecule has 9 nitrogen and oxygen atoms in total. The van der Waals surface area contributed by atoms with Crippen LogP contribution in [0.15, 0.2) is 53.6 Å². The average Bonchev–Trinajstić information content (AvgIpc) is 2.79. The third-order valence-electron chi connectivity index (χ3n) is 4.58. The molecule has 0 radical (unpaired) electrons. The standard InChI is InChI=1S/C20H24N4O5S/c25-19(22-10-8-17-3-1-2-9-21-17)20(26)23-15-16-4-6-18(7-5-16)30(27,28)24-11-13-29-14-12-24/h1-7,9H,8,10-15H2,(H,22,25)(H,23,26). The zero-order chi connectivity index (χ0) is 21.4. The monoisotopic (exact) mass is 432 g/mol. The molecule has 0 aliphatic carbocycles. The second-order valence-corrected chi connectivity index (χ2v) is 8.61. The molecule has 2 aromatic rings. The third kappa shape index (κ3) is 5.85. The van der Waals surface area contributed by atoms with E-state index in [4.69, 9.17) is 4.74 Å². The first-order valence-electron chi connectivity index (χ1n) is 9.59. The summed E-state index contributed by atoms with van der Waals surface area (Å²) in [6.45, 7) is 1.84. The maximum absolute atomic E-state index is 12.6. The number of hydrogen-bond donors (Lipinski definition) is 2. The van der Waals surface area contributed by atoms with Gasteiger partial charge in [0.2, 0.25) is 10.0 Å². The third-order valence-corrected chi connectivity index (χ3v) is 6.50. The Labute approximate surface area is 175 Å². The highest BCUT2D eigenvalue weighted by Gasteiger charge is 2.26. The van der Waals surface area contributed by atoms with Gasteiger partial charge in [0.15, 0.2) is 0 Å². The number of ether oxygens (including phenoxy) is 1. The van der Waals surface area contributed by atoms with Crippen molar-refractivity contribution in [2.75, 3.05) is 32.8 Å². The van der Waals surface area contributed by atoms with Gasteiger partial charge >= 0.3 is 11.8 Å². The summed E-state index contributed by atoms with van der Waals surface area (Å²) in [5.74, 6) is -1.47. The largest absolute Gasteiger partial charge is 0.379 e. The Hall–Kier alpha value is -2.82. The van der Waals surface area contributed by atoms with E-state index < -0.39 is 21.8 Å². The SMILES string of the molecule is O=C(NCCc1ccccn1)C(=O)NCc1ccc(S(=O)(=O)N2CCOCC2)cc1. The molecule has 1 aliphatic heterocycles. The van der Waals surface area contributed by atoms with Crippen molar-refractivity contribution < 1.29 is 22.7 Å². The van der Waals surface area contributed by atoms with E-state index in [0.717, 1.165) is 5.69 Å². The van der Waals surface area contributed by atoms with Crippen molar-refractivity contribution in [3.05, 3.63) is 59.9 Å². The molecular formula is C20H24N4O5S. The summed E-state index contributed by atoms with van der Waals surface area (Å²) in [6, 6.07) is 11.7. The van der Waals surface area contributed by atoms with Crippen LogP contribution in [0.1, 0.15) is 11.3 Å². The first kappa shape index (κ1) is 21.9. The Bertz CT molecular complexity index is 958. The van der Waals surface area contributed by atoms with Gasteiger partial charge in [-0.3, -0.25) is 14.6 Å². The van der Waals surface area contributed by atoms with Crippen LogP contribution in [0.4, 0.5) is 0 Å². The van der Waals surface area contributed by atoms with Gasteiger partial charge < -0.3 is 15.4 Å². The molecule has 2 heterocycles. The Balaban J connectivity index is 1.46. The minimum atomic E-state index is -3.56. The fourth-order valence-electron chi connectivity index (χ4n) is 2.91. The number of aromatic nitrogens is 1. The normalized spacial score (nSPS) is 14.8. The highest BCUT2D eigenvalue weighted by Crippen LogP contribution is 2.17. The molecule has 0 unspecified atom stereocenters. The summed E-state index contributed by atoms with van der Waals surface area (Å²) in [6.07, 6.45) is 2.19. The molecule has 2 N–H and O–H groups in total. The van der Waals surface area contributed by atoms with E-state index in [1.807, 2.05) is 12.1 Å². The molecule has 3 rings (SSSR count). The van der Waals surface area contributed by atoms with Gasteiger partial charge in [0.1, 0.15) is 0 Å². The maximum Gasteiger partial charge on any atom is 0.309 e. The van der Waals surface area contributed by atoms with Crippen molar-refractivity contribution in [3.63, 3.8) is 0 Å². The molecule has 1 aromatic heterocycles. The molecule has 1 saturated heterocycles. The van der Waals surface area contributed by atoms with Crippen LogP contribution in [0, 0.1) is 0 Å². The van der Waals surface area contributed by atoms with Crippen LogP contribution >= 0.6 is 0 Å². The van der Waals surface area contributed by atoms with Gasteiger partial charge in [-0.15, -0.1) is 0 Å². The van der Waals surface area contributed by atoms with Gasteiger partial charge in [0.05, 0.1) is 18.1 Å². The topological polar surface area (TPSA) is 118 Å². The summed E-state index contributed by atoms with van der Waals surface area (Å²) in [5.41, 5.74) is 1.51. The van der Waals surface area contributed by atoms with Crippen molar-refractivity contribution in [1.82, 2.24) is 19.9 Å². The second kappa shape index (κ2) is 10.3. The molecule has 2 amide bonds. The lowest BCUT2D eigenvalue weighted by atomic mass is 10.2. The van der Waals surface area contributed by atoms with Crippen molar-refractivity contribution in [3.8, 4) is 0 Å². The van der Waals surface area contributed by atoms with E-state index in [-0.39, 0.29) is 11.4 Å². The maximum atomic E-state index is 12.6. The molecule has 0 spiro atoms. The minimum Gasteiger partial charge on any atom is -0.379 e. The Kier molecular flexibility index (Phi) is 7.50. The highest BCUT2D eigenvalue weighted by atomic mass is 32.2. The van der Waals surface area contributed by atoms with E-state index in [2.05, 4.69) is 15.6 Å². The highest BCUT2D eigenvalue weighted by molar-refractivity contribution is 7.89. The van der Waals surface area contributed by atoms with Crippen LogP contribution in [0.3, 0.4) is 0 Å². The van der Waals surface area contributed by atoms with Crippen LogP contribution < -0.4 is 10.6 Å². The van der Waals surface area contributed by atoms with E-state index in [1.165, 1.54) is 16.4 Å². The van der Waals surface area contributed by atoms with E-state index in [9.17, 15) is 18.0 Å². The lowest BCUT2D eigenvalue weighted by Crippen LogP contribution is -2.40. The molecule has 0 bridgehead atoms. The van der Waals surface area contributed by atoms with Crippen LogP contribution in [-0.2, 0) is 37.3 Å². The first-order valence-corrected chi connectivity index (χ1v) is 11.0. The quantitative estimate of drug-likeness (QED) is 0.599. The second-order valence-electron chi connectivity index (χ2n) is 6.67. The number of benzene rings is 1. The molecule has 1 aromatic carbocycles. The molecule has 160 valence electrons. The number of carbonyl (C=O) groups excluding carboxylic acids is 2. The van der Waals surface area contributed by atoms with E-state index in [0.29, 0.717) is 44.8 Å². The summed E-state index contributed by atoms with van der Waals surface area (Å²) in [4.78, 5) is 28.1. The average molecular weight is 433 g/mol. The zero-order valence-corrected chi connectivity index (χ0v) is 17.2. The van der Waals surface area contributed by atoms with Gasteiger partial charge in [-0.05, 0) is 29.8 Å². The fraction of sp³-hybridized carbons (Fsp3) is 0.350. The number of pyridine rings is 1. The number of rotatable bonds is 7. The lowest BCUT2D eigenvalue weighted by molar-refractivity contribution is -0.139. The summed E-state index contributed by atoms with van der Waals surface area (Å²) in [7, 11) is -3.56. The number of morpholine rings is 1. The number of amides is 2. The number of nitrogens with one attached hydrogen (secondary N) is 2. The summed E-state index contributed by atoms with van der Waals surface area (Å²) < 4.78 is 31.8. The molecule has 0 saturated carbocycles. The van der Waals surface area contributed by atoms with Gasteiger partial charge in [0.25, 0.3) is 0 Å². The summed E-state index contributed by atoms with van der Waals surface area (Å²) in [5, 5.41) is 5.07. The predicted octanol–water partition coefficient (Wildman–Crippen LogP) is 0.0776. The first-order chi connectivity index (χ1) is 14.5. The van der Waals surface area contributed by atoms with E-state index >= 15 is 0 Å². The number of sulfonamides is 1. The van der Waals surface area contributed by atoms with Gasteiger partial charge in [-0.25, -0.2) is 8.42 Å². The molecule has 30 heavy (non-hydrogen) atoms. The number of carbonyl (C=O) groups is 2. The van der Waals surface area contributed by atoms with Crippen LogP contribution in [0.25, 0.3) is 0 Å². The zero-order valence-electron chi connectivity index (χ0n) is 16.4. The minimum absolute atomic E-state index is 0.115. The number of hydrogen-bond acceptors (Lipinski definition) is 6. The lowest BCUT2D eigenvalue weighted by Gasteiger charge is -2.26. The van der Waals surface area contributed by atoms with Crippen LogP contribution in [0.2, 0.25) is 0 Å².